The van der Waals surface area contributed by atoms with E-state index in [-0.39, 0.29) is 0 Å². The maximum absolute atomic E-state index is 9.10. The Hall–Kier alpha value is -1.64. The van der Waals surface area contributed by atoms with Crippen LogP contribution < -0.4 is 4.74 Å². The van der Waals surface area contributed by atoms with E-state index < -0.39 is 11.9 Å². The summed E-state index contributed by atoms with van der Waals surface area (Å²) in [5, 5.41) is 14.8. The first-order valence-electron chi connectivity index (χ1n) is 7.64. The highest BCUT2D eigenvalue weighted by molar-refractivity contribution is 9.10. The maximum Gasteiger partial charge on any atom is 0.414 e. The topological polar surface area (TPSA) is 90.3 Å². The molecule has 0 aromatic heterocycles. The van der Waals surface area contributed by atoms with Gasteiger partial charge in [-0.05, 0) is 37.7 Å². The van der Waals surface area contributed by atoms with Crippen LogP contribution in [-0.4, -0.2) is 78.3 Å². The van der Waals surface area contributed by atoms with E-state index in [9.17, 15) is 0 Å². The number of benzene rings is 1. The fraction of sp³-hybridized carbons (Fsp3) is 0.500. The van der Waals surface area contributed by atoms with E-state index >= 15 is 0 Å². The minimum atomic E-state index is -1.82. The van der Waals surface area contributed by atoms with E-state index in [1.54, 1.807) is 0 Å². The summed E-state index contributed by atoms with van der Waals surface area (Å²) in [7, 11) is 2.19. The molecule has 0 unspecified atom stereocenters. The summed E-state index contributed by atoms with van der Waals surface area (Å²) >= 11 is 3.42. The minimum Gasteiger partial charge on any atom is -0.494 e. The number of halogens is 1. The first kappa shape index (κ1) is 20.4. The van der Waals surface area contributed by atoms with Gasteiger partial charge in [-0.2, -0.15) is 0 Å². The number of hydrogen-bond acceptors (Lipinski definition) is 5. The van der Waals surface area contributed by atoms with Crippen LogP contribution in [0.5, 0.6) is 5.75 Å². The zero-order valence-corrected chi connectivity index (χ0v) is 15.2. The Morgan fingerprint density at radius 3 is 2.12 bits per heavy atom. The van der Waals surface area contributed by atoms with Crippen LogP contribution in [0.15, 0.2) is 28.7 Å². The molecular weight excluding hydrogens is 380 g/mol. The second-order valence-electron chi connectivity index (χ2n) is 5.41. The van der Waals surface area contributed by atoms with Crippen molar-refractivity contribution in [3.05, 3.63) is 28.7 Å². The molecule has 2 rings (SSSR count). The van der Waals surface area contributed by atoms with Gasteiger partial charge in [0.1, 0.15) is 5.75 Å². The molecule has 1 aliphatic rings. The van der Waals surface area contributed by atoms with Gasteiger partial charge < -0.3 is 24.7 Å². The molecule has 0 aliphatic carbocycles. The molecule has 1 fully saturated rings. The molecule has 8 heteroatoms. The van der Waals surface area contributed by atoms with E-state index in [1.807, 2.05) is 24.3 Å². The Labute approximate surface area is 149 Å². The summed E-state index contributed by atoms with van der Waals surface area (Å²) in [6.45, 7) is 6.70. The molecule has 0 bridgehead atoms. The molecule has 0 atom stereocenters. The Balaban J connectivity index is 0.000000413. The third-order valence-electron chi connectivity index (χ3n) is 3.48. The lowest BCUT2D eigenvalue weighted by Crippen LogP contribution is -2.44. The second kappa shape index (κ2) is 11.0. The molecule has 0 spiro atoms. The molecule has 1 aromatic carbocycles. The molecule has 7 nitrogen and oxygen atoms in total. The van der Waals surface area contributed by atoms with Gasteiger partial charge in [-0.25, -0.2) is 9.59 Å². The number of nitrogens with zero attached hydrogens (tertiary/aromatic N) is 2. The molecule has 1 heterocycles. The van der Waals surface area contributed by atoms with Crippen LogP contribution in [0.1, 0.15) is 6.42 Å². The molecule has 1 aliphatic heterocycles. The highest BCUT2D eigenvalue weighted by atomic mass is 79.9. The predicted octanol–water partition coefficient (Wildman–Crippen LogP) is 1.62. The molecule has 134 valence electrons. The van der Waals surface area contributed by atoms with Gasteiger partial charge >= 0.3 is 11.9 Å². The van der Waals surface area contributed by atoms with Crippen molar-refractivity contribution in [1.29, 1.82) is 0 Å². The lowest BCUT2D eigenvalue weighted by molar-refractivity contribution is -0.159. The highest BCUT2D eigenvalue weighted by Gasteiger charge is 2.12. The average Bonchev–Trinajstić information content (AvgIpc) is 2.55. The highest BCUT2D eigenvalue weighted by Crippen LogP contribution is 2.16. The van der Waals surface area contributed by atoms with E-state index in [1.165, 1.54) is 26.2 Å². The average molecular weight is 403 g/mol. The minimum absolute atomic E-state index is 0.800. The second-order valence-corrected chi connectivity index (χ2v) is 6.33. The number of rotatable bonds is 5. The lowest BCUT2D eigenvalue weighted by atomic mass is 10.3. The fourth-order valence-corrected chi connectivity index (χ4v) is 2.34. The van der Waals surface area contributed by atoms with Crippen LogP contribution in [0.4, 0.5) is 0 Å². The molecule has 0 amide bonds. The fourth-order valence-electron chi connectivity index (χ4n) is 2.08. The first-order valence-corrected chi connectivity index (χ1v) is 8.43. The van der Waals surface area contributed by atoms with Gasteiger partial charge in [0.25, 0.3) is 0 Å². The van der Waals surface area contributed by atoms with Crippen LogP contribution in [0.3, 0.4) is 0 Å². The van der Waals surface area contributed by atoms with E-state index in [0.717, 1.165) is 29.8 Å². The van der Waals surface area contributed by atoms with Gasteiger partial charge in [0.2, 0.25) is 0 Å². The summed E-state index contributed by atoms with van der Waals surface area (Å²) < 4.78 is 6.81. The summed E-state index contributed by atoms with van der Waals surface area (Å²) in [5.74, 6) is -2.69. The SMILES string of the molecule is CN1CCN(CCCOc2ccc(Br)cc2)CC1.O=C(O)C(=O)O. The van der Waals surface area contributed by atoms with Crippen molar-refractivity contribution in [3.63, 3.8) is 0 Å². The number of hydrogen-bond donors (Lipinski definition) is 2. The number of likely N-dealkylation sites (N-methyl/N-ethyl adjacent to an activating group) is 1. The molecular formula is C16H23BrN2O5. The summed E-state index contributed by atoms with van der Waals surface area (Å²) in [6, 6.07) is 8.02. The smallest absolute Gasteiger partial charge is 0.414 e. The Morgan fingerprint density at radius 2 is 1.62 bits per heavy atom. The van der Waals surface area contributed by atoms with Gasteiger partial charge in [-0.1, -0.05) is 15.9 Å². The van der Waals surface area contributed by atoms with Gasteiger partial charge in [0.05, 0.1) is 6.61 Å². The van der Waals surface area contributed by atoms with E-state index in [4.69, 9.17) is 24.5 Å². The monoisotopic (exact) mass is 402 g/mol. The van der Waals surface area contributed by atoms with Crippen LogP contribution in [0, 0.1) is 0 Å². The zero-order valence-electron chi connectivity index (χ0n) is 13.7. The number of piperazine rings is 1. The molecule has 2 N–H and O–H groups in total. The number of aliphatic carboxylic acids is 2. The van der Waals surface area contributed by atoms with Gasteiger partial charge in [0, 0.05) is 37.2 Å². The molecule has 1 aromatic rings. The third kappa shape index (κ3) is 8.85. The van der Waals surface area contributed by atoms with Crippen molar-refractivity contribution in [3.8, 4) is 5.75 Å². The number of carbonyl (C=O) groups is 2. The van der Waals surface area contributed by atoms with Crippen molar-refractivity contribution in [1.82, 2.24) is 9.80 Å². The Morgan fingerprint density at radius 1 is 1.08 bits per heavy atom. The predicted molar refractivity (Wildman–Crippen MR) is 93.5 cm³/mol. The zero-order chi connectivity index (χ0) is 17.9. The Bertz CT molecular complexity index is 504. The van der Waals surface area contributed by atoms with Crippen molar-refractivity contribution >= 4 is 27.9 Å². The Kier molecular flexibility index (Phi) is 9.36. The van der Waals surface area contributed by atoms with Crippen molar-refractivity contribution in [2.45, 2.75) is 6.42 Å². The largest absolute Gasteiger partial charge is 0.494 e. The van der Waals surface area contributed by atoms with Crippen LogP contribution in [0.2, 0.25) is 0 Å². The third-order valence-corrected chi connectivity index (χ3v) is 4.01. The first-order chi connectivity index (χ1) is 11.4. The summed E-state index contributed by atoms with van der Waals surface area (Å²) in [4.78, 5) is 23.1. The van der Waals surface area contributed by atoms with Crippen molar-refractivity contribution in [2.75, 3.05) is 46.4 Å². The van der Waals surface area contributed by atoms with Crippen molar-refractivity contribution < 1.29 is 24.5 Å². The van der Waals surface area contributed by atoms with E-state index in [2.05, 4.69) is 32.8 Å². The number of carboxylic acids is 2. The van der Waals surface area contributed by atoms with Crippen molar-refractivity contribution in [2.24, 2.45) is 0 Å². The number of ether oxygens (including phenoxy) is 1. The molecule has 1 saturated heterocycles. The lowest BCUT2D eigenvalue weighted by Gasteiger charge is -2.32. The van der Waals surface area contributed by atoms with Gasteiger partial charge in [-0.15, -0.1) is 0 Å². The summed E-state index contributed by atoms with van der Waals surface area (Å²) in [5.41, 5.74) is 0. The van der Waals surface area contributed by atoms with Gasteiger partial charge in [0.15, 0.2) is 0 Å². The van der Waals surface area contributed by atoms with Crippen LogP contribution in [0.25, 0.3) is 0 Å². The molecule has 0 radical (unpaired) electrons. The molecule has 24 heavy (non-hydrogen) atoms. The van der Waals surface area contributed by atoms with Crippen LogP contribution >= 0.6 is 15.9 Å². The summed E-state index contributed by atoms with van der Waals surface area (Å²) in [6.07, 6.45) is 1.10. The molecule has 0 saturated carbocycles. The van der Waals surface area contributed by atoms with Crippen LogP contribution in [-0.2, 0) is 9.59 Å². The quantitative estimate of drug-likeness (QED) is 0.571. The number of carboxylic acid groups (broad SMARTS) is 2. The standard InChI is InChI=1S/C14H21BrN2O.C2H2O4/c1-16-8-10-17(11-9-16)7-2-12-18-14-5-3-13(15)4-6-14;3-1(4)2(5)6/h3-6H,2,7-12H2,1H3;(H,3,4)(H,5,6). The van der Waals surface area contributed by atoms with E-state index in [0.29, 0.717) is 0 Å². The van der Waals surface area contributed by atoms with Gasteiger partial charge in [-0.3, -0.25) is 0 Å². The normalized spacial score (nSPS) is 15.2. The maximum atomic E-state index is 9.10.